The zero-order valence-corrected chi connectivity index (χ0v) is 12.1. The van der Waals surface area contributed by atoms with Crippen molar-refractivity contribution < 1.29 is 23.8 Å². The molecule has 15 heavy (non-hydrogen) atoms. The fraction of sp³-hybridized carbons (Fsp3) is 1.00. The molecular formula is C8H18NaO5P+. The summed E-state index contributed by atoms with van der Waals surface area (Å²) >= 11 is 0. The van der Waals surface area contributed by atoms with Crippen LogP contribution in [-0.2, 0) is 13.6 Å². The minimum absolute atomic E-state index is 0. The minimum Gasteiger partial charge on any atom is -0.396 e. The van der Waals surface area contributed by atoms with E-state index in [9.17, 15) is 4.57 Å². The van der Waals surface area contributed by atoms with E-state index in [1.54, 1.807) is 0 Å². The van der Waals surface area contributed by atoms with E-state index in [1.807, 2.05) is 0 Å². The smallest absolute Gasteiger partial charge is 0.396 e. The van der Waals surface area contributed by atoms with Gasteiger partial charge in [0.15, 0.2) is 0 Å². The minimum atomic E-state index is -2.03. The Hall–Kier alpha value is 0.940. The van der Waals surface area contributed by atoms with Crippen molar-refractivity contribution in [3.05, 3.63) is 0 Å². The van der Waals surface area contributed by atoms with E-state index < -0.39 is 8.25 Å². The molecule has 1 radical (unpaired) electrons. The summed E-state index contributed by atoms with van der Waals surface area (Å²) in [4.78, 5) is 0. The van der Waals surface area contributed by atoms with Gasteiger partial charge in [-0.1, -0.05) is 0 Å². The Morgan fingerprint density at radius 1 is 0.867 bits per heavy atom. The van der Waals surface area contributed by atoms with Crippen molar-refractivity contribution in [1.29, 1.82) is 0 Å². The van der Waals surface area contributed by atoms with Crippen LogP contribution in [0.1, 0.15) is 25.7 Å². The summed E-state index contributed by atoms with van der Waals surface area (Å²) in [6, 6.07) is 0. The van der Waals surface area contributed by atoms with Crippen molar-refractivity contribution in [1.82, 2.24) is 0 Å². The Morgan fingerprint density at radius 3 is 1.60 bits per heavy atom. The van der Waals surface area contributed by atoms with Crippen molar-refractivity contribution in [2.45, 2.75) is 25.7 Å². The second-order valence-electron chi connectivity index (χ2n) is 2.75. The Balaban J connectivity index is 0. The summed E-state index contributed by atoms with van der Waals surface area (Å²) in [6.45, 7) is 0.931. The molecule has 0 aromatic carbocycles. The van der Waals surface area contributed by atoms with Gasteiger partial charge in [-0.05, 0) is 25.7 Å². The molecule has 0 aromatic heterocycles. The van der Waals surface area contributed by atoms with Crippen LogP contribution in [0.3, 0.4) is 0 Å². The normalized spacial score (nSPS) is 9.73. The number of hydrogen-bond acceptors (Lipinski definition) is 5. The van der Waals surface area contributed by atoms with Gasteiger partial charge in [-0.3, -0.25) is 0 Å². The maximum absolute atomic E-state index is 10.9. The Labute approximate surface area is 113 Å². The predicted octanol–water partition coefficient (Wildman–Crippen LogP) is 0.841. The molecule has 0 unspecified atom stereocenters. The van der Waals surface area contributed by atoms with E-state index in [1.165, 1.54) is 0 Å². The summed E-state index contributed by atoms with van der Waals surface area (Å²) in [6.07, 6.45) is 2.65. The monoisotopic (exact) mass is 248 g/mol. The zero-order chi connectivity index (χ0) is 10.6. The maximum Gasteiger partial charge on any atom is 0.697 e. The SMILES string of the molecule is O=[P+](OCCCCO)OCCCCO.[Na]. The molecule has 0 aliphatic carbocycles. The van der Waals surface area contributed by atoms with Crippen LogP contribution in [0.2, 0.25) is 0 Å². The fourth-order valence-corrected chi connectivity index (χ4v) is 1.37. The van der Waals surface area contributed by atoms with Gasteiger partial charge in [0, 0.05) is 47.3 Å². The van der Waals surface area contributed by atoms with E-state index in [0.29, 0.717) is 38.9 Å². The first kappa shape index (κ1) is 18.3. The molecule has 0 atom stereocenters. The third-order valence-corrected chi connectivity index (χ3v) is 2.29. The summed E-state index contributed by atoms with van der Waals surface area (Å²) in [5.41, 5.74) is 0. The van der Waals surface area contributed by atoms with Gasteiger partial charge in [0.25, 0.3) is 0 Å². The summed E-state index contributed by atoms with van der Waals surface area (Å²) in [7, 11) is -2.03. The number of aliphatic hydroxyl groups excluding tert-OH is 2. The molecule has 0 aromatic rings. The van der Waals surface area contributed by atoms with Crippen molar-refractivity contribution >= 4 is 37.8 Å². The van der Waals surface area contributed by atoms with Crippen molar-refractivity contribution in [3.8, 4) is 0 Å². The summed E-state index contributed by atoms with van der Waals surface area (Å²) in [5.74, 6) is 0. The summed E-state index contributed by atoms with van der Waals surface area (Å²) in [5, 5.41) is 16.9. The molecule has 0 rings (SSSR count). The first-order valence-electron chi connectivity index (χ1n) is 4.76. The van der Waals surface area contributed by atoms with Gasteiger partial charge in [0.05, 0.1) is 0 Å². The van der Waals surface area contributed by atoms with Gasteiger partial charge in [0.2, 0.25) is 0 Å². The second-order valence-corrected chi connectivity index (χ2v) is 3.72. The summed E-state index contributed by atoms with van der Waals surface area (Å²) < 4.78 is 20.6. The van der Waals surface area contributed by atoms with Crippen molar-refractivity contribution in [2.24, 2.45) is 0 Å². The van der Waals surface area contributed by atoms with Gasteiger partial charge in [-0.25, -0.2) is 0 Å². The van der Waals surface area contributed by atoms with Crippen molar-refractivity contribution in [3.63, 3.8) is 0 Å². The molecule has 0 saturated heterocycles. The van der Waals surface area contributed by atoms with E-state index in [-0.39, 0.29) is 42.8 Å². The van der Waals surface area contributed by atoms with Crippen LogP contribution in [0.25, 0.3) is 0 Å². The van der Waals surface area contributed by atoms with Gasteiger partial charge in [-0.2, -0.15) is 0 Å². The van der Waals surface area contributed by atoms with Crippen LogP contribution in [0.4, 0.5) is 0 Å². The topological polar surface area (TPSA) is 76.0 Å². The van der Waals surface area contributed by atoms with E-state index in [4.69, 9.17) is 19.3 Å². The largest absolute Gasteiger partial charge is 0.697 e. The van der Waals surface area contributed by atoms with Gasteiger partial charge >= 0.3 is 8.25 Å². The maximum atomic E-state index is 10.9. The van der Waals surface area contributed by atoms with Crippen LogP contribution >= 0.6 is 8.25 Å². The number of aliphatic hydroxyl groups is 2. The molecule has 85 valence electrons. The zero-order valence-electron chi connectivity index (χ0n) is 9.22. The molecule has 2 N–H and O–H groups in total. The van der Waals surface area contributed by atoms with Crippen LogP contribution in [-0.4, -0.2) is 66.2 Å². The Bertz CT molecular complexity index is 133. The van der Waals surface area contributed by atoms with Gasteiger partial charge in [0.1, 0.15) is 13.2 Å². The predicted molar refractivity (Wildman–Crippen MR) is 57.9 cm³/mol. The first-order valence-corrected chi connectivity index (χ1v) is 5.85. The van der Waals surface area contributed by atoms with E-state index in [2.05, 4.69) is 0 Å². The molecule has 0 heterocycles. The molecule has 0 fully saturated rings. The Kier molecular flexibility index (Phi) is 18.2. The van der Waals surface area contributed by atoms with Crippen LogP contribution < -0.4 is 0 Å². The standard InChI is InChI=1S/C8H18O5P.Na/c9-5-1-3-7-12-14(11)13-8-4-2-6-10;/h9-10H,1-8H2;/q+1;. The molecule has 0 aliphatic heterocycles. The molecule has 0 bridgehead atoms. The molecule has 0 aliphatic rings. The number of hydrogen-bond donors (Lipinski definition) is 2. The molecule has 0 amide bonds. The first-order chi connectivity index (χ1) is 6.81. The van der Waals surface area contributed by atoms with Crippen molar-refractivity contribution in [2.75, 3.05) is 26.4 Å². The van der Waals surface area contributed by atoms with E-state index in [0.717, 1.165) is 0 Å². The van der Waals surface area contributed by atoms with Gasteiger partial charge in [-0.15, -0.1) is 9.05 Å². The molecule has 0 saturated carbocycles. The molecule has 0 spiro atoms. The quantitative estimate of drug-likeness (QED) is 0.340. The molecule has 5 nitrogen and oxygen atoms in total. The third kappa shape index (κ3) is 14.9. The number of unbranched alkanes of at least 4 members (excludes halogenated alkanes) is 2. The fourth-order valence-electron chi connectivity index (χ4n) is 0.743. The van der Waals surface area contributed by atoms with Crippen LogP contribution in [0.5, 0.6) is 0 Å². The van der Waals surface area contributed by atoms with Crippen LogP contribution in [0, 0.1) is 0 Å². The third-order valence-electron chi connectivity index (χ3n) is 1.50. The molecular weight excluding hydrogens is 230 g/mol. The number of rotatable bonds is 10. The molecule has 7 heteroatoms. The van der Waals surface area contributed by atoms with Crippen LogP contribution in [0.15, 0.2) is 0 Å². The van der Waals surface area contributed by atoms with Gasteiger partial charge < -0.3 is 10.2 Å². The average Bonchev–Trinajstić information content (AvgIpc) is 2.19. The van der Waals surface area contributed by atoms with E-state index >= 15 is 0 Å². The average molecular weight is 248 g/mol. The second kappa shape index (κ2) is 14.9. The Morgan fingerprint density at radius 2 is 1.27 bits per heavy atom.